The predicted octanol–water partition coefficient (Wildman–Crippen LogP) is 3.58. The van der Waals surface area contributed by atoms with Crippen LogP contribution < -0.4 is 0 Å². The molecule has 0 saturated carbocycles. The molecule has 0 spiro atoms. The van der Waals surface area contributed by atoms with Crippen LogP contribution in [-0.4, -0.2) is 31.5 Å². The zero-order chi connectivity index (χ0) is 16.4. The number of hydrogen-bond donors (Lipinski definition) is 0. The number of carbonyl (C=O) groups excluding carboxylic acids is 1. The van der Waals surface area contributed by atoms with E-state index in [1.807, 2.05) is 32.3 Å². The Morgan fingerprint density at radius 2 is 1.78 bits per heavy atom. The number of hydrogen-bond acceptors (Lipinski definition) is 3. The molecular weight excluding hydrogens is 293 g/mol. The Bertz CT molecular complexity index is 712. The van der Waals surface area contributed by atoms with E-state index in [-0.39, 0.29) is 11.8 Å². The molecule has 23 heavy (non-hydrogen) atoms. The van der Waals surface area contributed by atoms with E-state index in [1.165, 1.54) is 12.1 Å². The third-order valence-electron chi connectivity index (χ3n) is 4.29. The van der Waals surface area contributed by atoms with E-state index in [9.17, 15) is 9.18 Å². The molecule has 120 valence electrons. The van der Waals surface area contributed by atoms with Crippen LogP contribution in [0.3, 0.4) is 0 Å². The minimum atomic E-state index is -0.822. The summed E-state index contributed by atoms with van der Waals surface area (Å²) in [5.74, 6) is -0.607. The lowest BCUT2D eigenvalue weighted by Crippen LogP contribution is -2.29. The Hall–Kier alpha value is -2.20. The molecule has 3 nitrogen and oxygen atoms in total. The number of cyclic esters (lactones) is 1. The molecule has 1 heterocycles. The number of ether oxygens (including phenoxy) is 1. The number of carbonyl (C=O) groups is 1. The maximum Gasteiger partial charge on any atom is 0.339 e. The number of benzene rings is 2. The zero-order valence-corrected chi connectivity index (χ0v) is 13.4. The first-order chi connectivity index (χ1) is 11.0. The molecule has 1 atom stereocenters. The van der Waals surface area contributed by atoms with Gasteiger partial charge in [0.25, 0.3) is 0 Å². The fourth-order valence-electron chi connectivity index (χ4n) is 3.19. The molecule has 0 amide bonds. The molecule has 1 unspecified atom stereocenters. The van der Waals surface area contributed by atoms with Gasteiger partial charge >= 0.3 is 5.97 Å². The average Bonchev–Trinajstić information content (AvgIpc) is 2.82. The topological polar surface area (TPSA) is 29.5 Å². The highest BCUT2D eigenvalue weighted by Crippen LogP contribution is 2.45. The van der Waals surface area contributed by atoms with E-state index in [4.69, 9.17) is 4.74 Å². The van der Waals surface area contributed by atoms with Crippen molar-refractivity contribution in [1.29, 1.82) is 0 Å². The maximum absolute atomic E-state index is 13.3. The van der Waals surface area contributed by atoms with Crippen LogP contribution in [0, 0.1) is 5.82 Å². The van der Waals surface area contributed by atoms with Crippen LogP contribution in [-0.2, 0) is 10.3 Å². The second kappa shape index (κ2) is 6.13. The first-order valence-corrected chi connectivity index (χ1v) is 7.76. The summed E-state index contributed by atoms with van der Waals surface area (Å²) in [6.07, 6.45) is 1.53. The molecule has 0 saturated heterocycles. The minimum absolute atomic E-state index is 0.296. The van der Waals surface area contributed by atoms with Gasteiger partial charge in [0.1, 0.15) is 5.82 Å². The van der Waals surface area contributed by atoms with Gasteiger partial charge in [-0.1, -0.05) is 30.3 Å². The van der Waals surface area contributed by atoms with Gasteiger partial charge in [0, 0.05) is 11.1 Å². The maximum atomic E-state index is 13.3. The first-order valence-electron chi connectivity index (χ1n) is 7.76. The first kappa shape index (κ1) is 15.7. The van der Waals surface area contributed by atoms with Crippen LogP contribution in [0.25, 0.3) is 0 Å². The number of halogens is 1. The van der Waals surface area contributed by atoms with Crippen molar-refractivity contribution in [3.05, 3.63) is 71.0 Å². The third-order valence-corrected chi connectivity index (χ3v) is 4.29. The van der Waals surface area contributed by atoms with Crippen LogP contribution in [0.1, 0.15) is 34.3 Å². The summed E-state index contributed by atoms with van der Waals surface area (Å²) in [4.78, 5) is 14.4. The highest BCUT2D eigenvalue weighted by molar-refractivity contribution is 5.95. The summed E-state index contributed by atoms with van der Waals surface area (Å²) >= 11 is 0. The second-order valence-corrected chi connectivity index (χ2v) is 6.18. The SMILES string of the molecule is CN(C)CCCC1(c2ccc(F)cc2)OC(=O)c2ccccc21. The lowest BCUT2D eigenvalue weighted by Gasteiger charge is -2.30. The number of fused-ring (bicyclic) bond motifs is 1. The summed E-state index contributed by atoms with van der Waals surface area (Å²) in [7, 11) is 4.03. The van der Waals surface area contributed by atoms with Crippen molar-refractivity contribution < 1.29 is 13.9 Å². The standard InChI is InChI=1S/C19H20FNO2/c1-21(2)13-5-12-19(14-8-10-15(20)11-9-14)17-7-4-3-6-16(17)18(22)23-19/h3-4,6-11H,5,12-13H2,1-2H3. The molecule has 0 N–H and O–H groups in total. The van der Waals surface area contributed by atoms with E-state index in [0.717, 1.165) is 24.1 Å². The molecule has 2 aromatic rings. The van der Waals surface area contributed by atoms with E-state index in [0.29, 0.717) is 12.0 Å². The van der Waals surface area contributed by atoms with Gasteiger partial charge in [-0.15, -0.1) is 0 Å². The molecule has 1 aliphatic heterocycles. The molecule has 3 rings (SSSR count). The van der Waals surface area contributed by atoms with E-state index in [2.05, 4.69) is 4.90 Å². The lowest BCUT2D eigenvalue weighted by atomic mass is 9.82. The van der Waals surface area contributed by atoms with Crippen LogP contribution in [0.15, 0.2) is 48.5 Å². The van der Waals surface area contributed by atoms with E-state index < -0.39 is 5.60 Å². The zero-order valence-electron chi connectivity index (χ0n) is 13.4. The Labute approximate surface area is 135 Å². The van der Waals surface area contributed by atoms with Gasteiger partial charge in [-0.2, -0.15) is 0 Å². The van der Waals surface area contributed by atoms with Crippen LogP contribution in [0.5, 0.6) is 0 Å². The number of rotatable bonds is 5. The normalized spacial score (nSPS) is 19.7. The molecular formula is C19H20FNO2. The van der Waals surface area contributed by atoms with Gasteiger partial charge in [-0.05, 0) is 51.7 Å². The minimum Gasteiger partial charge on any atom is -0.446 e. The van der Waals surface area contributed by atoms with Crippen LogP contribution in [0.4, 0.5) is 4.39 Å². The lowest BCUT2D eigenvalue weighted by molar-refractivity contribution is 0.00582. The predicted molar refractivity (Wildman–Crippen MR) is 86.8 cm³/mol. The van der Waals surface area contributed by atoms with Crippen molar-refractivity contribution in [3.8, 4) is 0 Å². The van der Waals surface area contributed by atoms with Gasteiger partial charge in [-0.3, -0.25) is 0 Å². The Kier molecular flexibility index (Phi) is 4.18. The van der Waals surface area contributed by atoms with Crippen molar-refractivity contribution in [1.82, 2.24) is 4.90 Å². The Balaban J connectivity index is 2.05. The Morgan fingerprint density at radius 3 is 2.48 bits per heavy atom. The highest BCUT2D eigenvalue weighted by atomic mass is 19.1. The molecule has 1 aliphatic rings. The Morgan fingerprint density at radius 1 is 1.09 bits per heavy atom. The van der Waals surface area contributed by atoms with Crippen LogP contribution >= 0.6 is 0 Å². The monoisotopic (exact) mass is 313 g/mol. The number of esters is 1. The molecule has 4 heteroatoms. The quantitative estimate of drug-likeness (QED) is 0.790. The fourth-order valence-corrected chi connectivity index (χ4v) is 3.19. The van der Waals surface area contributed by atoms with Crippen molar-refractivity contribution in [2.24, 2.45) is 0 Å². The van der Waals surface area contributed by atoms with E-state index in [1.54, 1.807) is 18.2 Å². The van der Waals surface area contributed by atoms with Crippen molar-refractivity contribution in [2.75, 3.05) is 20.6 Å². The largest absolute Gasteiger partial charge is 0.446 e. The highest BCUT2D eigenvalue weighted by Gasteiger charge is 2.46. The molecule has 2 aromatic carbocycles. The van der Waals surface area contributed by atoms with Crippen molar-refractivity contribution >= 4 is 5.97 Å². The van der Waals surface area contributed by atoms with Gasteiger partial charge in [0.05, 0.1) is 5.56 Å². The van der Waals surface area contributed by atoms with Gasteiger partial charge < -0.3 is 9.64 Å². The molecule has 0 radical (unpaired) electrons. The average molecular weight is 313 g/mol. The summed E-state index contributed by atoms with van der Waals surface area (Å²) in [6.45, 7) is 0.892. The van der Waals surface area contributed by atoms with Gasteiger partial charge in [-0.25, -0.2) is 9.18 Å². The smallest absolute Gasteiger partial charge is 0.339 e. The summed E-state index contributed by atoms with van der Waals surface area (Å²) in [6, 6.07) is 13.7. The van der Waals surface area contributed by atoms with Crippen molar-refractivity contribution in [3.63, 3.8) is 0 Å². The van der Waals surface area contributed by atoms with Gasteiger partial charge in [0.15, 0.2) is 5.60 Å². The molecule has 0 bridgehead atoms. The number of nitrogens with zero attached hydrogens (tertiary/aromatic N) is 1. The summed E-state index contributed by atoms with van der Waals surface area (Å²) in [5.41, 5.74) is 1.46. The van der Waals surface area contributed by atoms with Crippen molar-refractivity contribution in [2.45, 2.75) is 18.4 Å². The molecule has 0 fully saturated rings. The summed E-state index contributed by atoms with van der Waals surface area (Å²) < 4.78 is 19.2. The molecule has 0 aromatic heterocycles. The van der Waals surface area contributed by atoms with E-state index >= 15 is 0 Å². The fraction of sp³-hybridized carbons (Fsp3) is 0.316. The summed E-state index contributed by atoms with van der Waals surface area (Å²) in [5, 5.41) is 0. The molecule has 0 aliphatic carbocycles. The van der Waals surface area contributed by atoms with Crippen LogP contribution in [0.2, 0.25) is 0 Å². The third kappa shape index (κ3) is 2.86. The van der Waals surface area contributed by atoms with Gasteiger partial charge in [0.2, 0.25) is 0 Å². The second-order valence-electron chi connectivity index (χ2n) is 6.18.